The quantitative estimate of drug-likeness (QED) is 0.298. The molecule has 0 spiro atoms. The normalized spacial score (nSPS) is 34.2. The van der Waals surface area contributed by atoms with Gasteiger partial charge < -0.3 is 5.11 Å². The molecular weight excluding hydrogens is 437 g/mol. The van der Waals surface area contributed by atoms with E-state index in [0.717, 1.165) is 44.9 Å². The molecular formula is C16H20Cl6O2. The number of fused-ring (bicyclic) bond motifs is 2. The van der Waals surface area contributed by atoms with E-state index in [1.54, 1.807) is 0 Å². The first kappa shape index (κ1) is 21.3. The molecule has 2 rings (SSSR count). The summed E-state index contributed by atoms with van der Waals surface area (Å²) in [5, 5.41) is 9.12. The summed E-state index contributed by atoms with van der Waals surface area (Å²) < 4.78 is -1.42. The summed E-state index contributed by atoms with van der Waals surface area (Å²) >= 11 is 38.7. The van der Waals surface area contributed by atoms with Crippen LogP contribution >= 0.6 is 69.6 Å². The fourth-order valence-corrected chi connectivity index (χ4v) is 6.58. The second kappa shape index (κ2) is 7.90. The van der Waals surface area contributed by atoms with Crippen LogP contribution in [0.25, 0.3) is 0 Å². The smallest absolute Gasteiger partial charge is 0.303 e. The van der Waals surface area contributed by atoms with Crippen LogP contribution in [0.2, 0.25) is 0 Å². The average molecular weight is 457 g/mol. The Morgan fingerprint density at radius 2 is 1.50 bits per heavy atom. The molecule has 2 bridgehead atoms. The summed E-state index contributed by atoms with van der Waals surface area (Å²) in [5.74, 6) is -0.753. The first-order chi connectivity index (χ1) is 11.1. The minimum atomic E-state index is -1.42. The van der Waals surface area contributed by atoms with Crippen LogP contribution in [0.4, 0.5) is 0 Å². The Kier molecular flexibility index (Phi) is 7.00. The Balaban J connectivity index is 1.79. The van der Waals surface area contributed by atoms with Crippen LogP contribution in [0, 0.1) is 5.92 Å². The van der Waals surface area contributed by atoms with E-state index >= 15 is 0 Å². The molecule has 2 aliphatic rings. The second-order valence-corrected chi connectivity index (χ2v) is 9.99. The molecule has 0 aromatic rings. The maximum absolute atomic E-state index is 10.4. The predicted molar refractivity (Wildman–Crippen MR) is 103 cm³/mol. The van der Waals surface area contributed by atoms with E-state index in [9.17, 15) is 4.79 Å². The predicted octanol–water partition coefficient (Wildman–Crippen LogP) is 7.04. The third-order valence-electron chi connectivity index (χ3n) is 5.10. The van der Waals surface area contributed by atoms with Gasteiger partial charge in [0.25, 0.3) is 0 Å². The lowest BCUT2D eigenvalue weighted by molar-refractivity contribution is -0.137. The summed E-state index contributed by atoms with van der Waals surface area (Å²) in [7, 11) is 0. The zero-order valence-electron chi connectivity index (χ0n) is 13.1. The monoisotopic (exact) mass is 454 g/mol. The van der Waals surface area contributed by atoms with Crippen molar-refractivity contribution in [3.8, 4) is 0 Å². The van der Waals surface area contributed by atoms with Crippen LogP contribution in [0.1, 0.15) is 57.8 Å². The Hall–Kier alpha value is 0.950. The zero-order chi connectivity index (χ0) is 18.2. The summed E-state index contributed by atoms with van der Waals surface area (Å²) in [6, 6.07) is 0. The van der Waals surface area contributed by atoms with E-state index in [0.29, 0.717) is 6.42 Å². The number of carboxylic acid groups (broad SMARTS) is 1. The number of unbranched alkanes of at least 4 members (excludes halogenated alkanes) is 5. The number of alkyl halides is 4. The fourth-order valence-electron chi connectivity index (χ4n) is 3.71. The van der Waals surface area contributed by atoms with Crippen molar-refractivity contribution in [2.24, 2.45) is 5.92 Å². The Bertz CT molecular complexity index is 535. The van der Waals surface area contributed by atoms with E-state index in [-0.39, 0.29) is 22.4 Å². The van der Waals surface area contributed by atoms with Crippen molar-refractivity contribution in [3.05, 3.63) is 10.1 Å². The van der Waals surface area contributed by atoms with E-state index in [2.05, 4.69) is 0 Å². The van der Waals surface area contributed by atoms with Crippen LogP contribution in [0.5, 0.6) is 0 Å². The molecule has 138 valence electrons. The molecule has 3 unspecified atom stereocenters. The molecule has 2 nitrogen and oxygen atoms in total. The van der Waals surface area contributed by atoms with Gasteiger partial charge in [-0.2, -0.15) is 0 Å². The van der Waals surface area contributed by atoms with E-state index in [4.69, 9.17) is 74.7 Å². The number of carbonyl (C=O) groups is 1. The second-order valence-electron chi connectivity index (χ2n) is 6.67. The number of allylic oxidation sites excluding steroid dienone is 2. The lowest BCUT2D eigenvalue weighted by Gasteiger charge is -2.33. The molecule has 0 saturated heterocycles. The first-order valence-electron chi connectivity index (χ1n) is 8.12. The SMILES string of the molecule is O=C(O)CCCCCCCCC1CC2(Cl)C(Cl)=C(Cl)C1(Cl)C2(Cl)Cl. The molecule has 0 heterocycles. The van der Waals surface area contributed by atoms with Gasteiger partial charge in [0.2, 0.25) is 0 Å². The molecule has 0 aromatic carbocycles. The summed E-state index contributed by atoms with van der Waals surface area (Å²) in [4.78, 5) is 8.19. The highest BCUT2D eigenvalue weighted by Crippen LogP contribution is 2.74. The third-order valence-corrected chi connectivity index (χ3v) is 9.42. The molecule has 3 atom stereocenters. The third kappa shape index (κ3) is 3.41. The van der Waals surface area contributed by atoms with Gasteiger partial charge in [-0.25, -0.2) is 0 Å². The van der Waals surface area contributed by atoms with Crippen LogP contribution < -0.4 is 0 Å². The first-order valence-corrected chi connectivity index (χ1v) is 10.4. The molecule has 1 fully saturated rings. The highest BCUT2D eigenvalue weighted by Gasteiger charge is 2.77. The van der Waals surface area contributed by atoms with Gasteiger partial charge in [-0.1, -0.05) is 78.5 Å². The minimum absolute atomic E-state index is 0.0197. The van der Waals surface area contributed by atoms with Crippen molar-refractivity contribution in [1.82, 2.24) is 0 Å². The van der Waals surface area contributed by atoms with Crippen molar-refractivity contribution < 1.29 is 9.90 Å². The molecule has 2 aliphatic carbocycles. The van der Waals surface area contributed by atoms with Crippen molar-refractivity contribution in [2.75, 3.05) is 0 Å². The fraction of sp³-hybridized carbons (Fsp3) is 0.812. The minimum Gasteiger partial charge on any atom is -0.481 e. The van der Waals surface area contributed by atoms with Gasteiger partial charge in [0.15, 0.2) is 4.33 Å². The lowest BCUT2D eigenvalue weighted by Crippen LogP contribution is -2.44. The maximum atomic E-state index is 10.4. The highest BCUT2D eigenvalue weighted by atomic mass is 35.5. The van der Waals surface area contributed by atoms with Crippen molar-refractivity contribution in [3.63, 3.8) is 0 Å². The van der Waals surface area contributed by atoms with Crippen LogP contribution in [-0.4, -0.2) is 25.2 Å². The topological polar surface area (TPSA) is 37.3 Å². The molecule has 0 aromatic heterocycles. The summed E-state index contributed by atoms with van der Waals surface area (Å²) in [6.07, 6.45) is 7.36. The van der Waals surface area contributed by atoms with E-state index in [1.165, 1.54) is 0 Å². The molecule has 1 N–H and O–H groups in total. The van der Waals surface area contributed by atoms with Gasteiger partial charge in [0.05, 0.1) is 10.1 Å². The molecule has 0 radical (unpaired) electrons. The number of hydrogen-bond donors (Lipinski definition) is 1. The maximum Gasteiger partial charge on any atom is 0.303 e. The Morgan fingerprint density at radius 1 is 0.958 bits per heavy atom. The molecule has 0 aliphatic heterocycles. The summed E-state index contributed by atoms with van der Waals surface area (Å²) in [5.41, 5.74) is 0. The van der Waals surface area contributed by atoms with Gasteiger partial charge in [0.1, 0.15) is 9.75 Å². The molecule has 24 heavy (non-hydrogen) atoms. The standard InChI is InChI=1S/C16H20Cl6O2/c17-12-13(18)15(20)10(9-14(12,19)16(15,21)22)7-5-3-1-2-4-6-8-11(23)24/h10H,1-9H2,(H,23,24). The van der Waals surface area contributed by atoms with Gasteiger partial charge in [-0.15, -0.1) is 23.2 Å². The number of rotatable bonds is 9. The number of hydrogen-bond acceptors (Lipinski definition) is 1. The van der Waals surface area contributed by atoms with Gasteiger partial charge in [-0.3, -0.25) is 4.79 Å². The van der Waals surface area contributed by atoms with Crippen LogP contribution in [0.3, 0.4) is 0 Å². The largest absolute Gasteiger partial charge is 0.481 e. The Labute approximate surface area is 172 Å². The summed E-state index contributed by atoms with van der Waals surface area (Å²) in [6.45, 7) is 0. The van der Waals surface area contributed by atoms with Crippen molar-refractivity contribution in [1.29, 1.82) is 0 Å². The van der Waals surface area contributed by atoms with Crippen LogP contribution in [0.15, 0.2) is 10.1 Å². The zero-order valence-corrected chi connectivity index (χ0v) is 17.6. The Morgan fingerprint density at radius 3 is 2.00 bits per heavy atom. The van der Waals surface area contributed by atoms with E-state index in [1.807, 2.05) is 0 Å². The van der Waals surface area contributed by atoms with E-state index < -0.39 is 20.1 Å². The molecule has 1 saturated carbocycles. The number of carboxylic acids is 1. The lowest BCUT2D eigenvalue weighted by atomic mass is 9.87. The number of aliphatic carboxylic acids is 1. The molecule has 0 amide bonds. The van der Waals surface area contributed by atoms with Gasteiger partial charge in [0, 0.05) is 6.42 Å². The molecule has 8 heteroatoms. The van der Waals surface area contributed by atoms with Crippen molar-refractivity contribution >= 4 is 75.6 Å². The van der Waals surface area contributed by atoms with Crippen LogP contribution in [-0.2, 0) is 4.79 Å². The van der Waals surface area contributed by atoms with Gasteiger partial charge >= 0.3 is 5.97 Å². The average Bonchev–Trinajstić information content (AvgIpc) is 2.72. The number of halogens is 6. The van der Waals surface area contributed by atoms with Gasteiger partial charge in [-0.05, 0) is 25.2 Å². The highest BCUT2D eigenvalue weighted by molar-refractivity contribution is 6.65. The van der Waals surface area contributed by atoms with Crippen molar-refractivity contribution in [2.45, 2.75) is 71.9 Å².